The standard InChI is InChI=1S/C27H30N2O4/c1-19(30)29-14-11-20-7-3-4-8-22(20)23(29)16-26(31)28-17-27(12-5-2-6-13-27)21-9-10-24-25(15-21)33-18-32-24/h3-4,7-11,14-15,23H,2,5-6,12-13,16-18H2,1H3,(H,28,31). The molecule has 0 saturated heterocycles. The maximum atomic E-state index is 13.2. The van der Waals surface area contributed by atoms with Crippen molar-refractivity contribution in [2.45, 2.75) is 56.9 Å². The summed E-state index contributed by atoms with van der Waals surface area (Å²) in [5.41, 5.74) is 3.15. The van der Waals surface area contributed by atoms with Crippen LogP contribution in [0.1, 0.15) is 68.2 Å². The number of nitrogens with zero attached hydrogens (tertiary/aromatic N) is 1. The van der Waals surface area contributed by atoms with E-state index in [0.29, 0.717) is 6.54 Å². The zero-order chi connectivity index (χ0) is 22.8. The molecule has 1 N–H and O–H groups in total. The molecule has 2 aromatic rings. The summed E-state index contributed by atoms with van der Waals surface area (Å²) in [6.45, 7) is 2.38. The van der Waals surface area contributed by atoms with Crippen molar-refractivity contribution in [1.29, 1.82) is 0 Å². The van der Waals surface area contributed by atoms with E-state index in [9.17, 15) is 9.59 Å². The summed E-state index contributed by atoms with van der Waals surface area (Å²) >= 11 is 0. The third-order valence-electron chi connectivity index (χ3n) is 7.27. The summed E-state index contributed by atoms with van der Waals surface area (Å²) in [6, 6.07) is 13.8. The fourth-order valence-corrected chi connectivity index (χ4v) is 5.45. The molecule has 1 atom stereocenters. The number of fused-ring (bicyclic) bond motifs is 2. The molecule has 2 amide bonds. The van der Waals surface area contributed by atoms with Gasteiger partial charge in [-0.3, -0.25) is 9.59 Å². The van der Waals surface area contributed by atoms with Crippen LogP contribution in [0.2, 0.25) is 0 Å². The van der Waals surface area contributed by atoms with E-state index in [1.54, 1.807) is 18.0 Å². The van der Waals surface area contributed by atoms with Gasteiger partial charge in [0.2, 0.25) is 18.6 Å². The van der Waals surface area contributed by atoms with E-state index >= 15 is 0 Å². The first kappa shape index (κ1) is 21.6. The average molecular weight is 447 g/mol. The highest BCUT2D eigenvalue weighted by Gasteiger charge is 2.36. The van der Waals surface area contributed by atoms with Crippen molar-refractivity contribution in [1.82, 2.24) is 10.2 Å². The van der Waals surface area contributed by atoms with Crippen LogP contribution >= 0.6 is 0 Å². The van der Waals surface area contributed by atoms with Gasteiger partial charge < -0.3 is 19.7 Å². The smallest absolute Gasteiger partial charge is 0.231 e. The number of nitrogens with one attached hydrogen (secondary N) is 1. The Bertz CT molecular complexity index is 1090. The van der Waals surface area contributed by atoms with Gasteiger partial charge in [-0.15, -0.1) is 0 Å². The summed E-state index contributed by atoms with van der Waals surface area (Å²) in [4.78, 5) is 27.1. The minimum absolute atomic E-state index is 0.0398. The first-order valence-corrected chi connectivity index (χ1v) is 11.8. The van der Waals surface area contributed by atoms with Crippen LogP contribution in [0.15, 0.2) is 48.7 Å². The number of hydrogen-bond acceptors (Lipinski definition) is 4. The molecule has 1 saturated carbocycles. The molecule has 6 nitrogen and oxygen atoms in total. The van der Waals surface area contributed by atoms with Gasteiger partial charge in [-0.1, -0.05) is 49.6 Å². The van der Waals surface area contributed by atoms with E-state index in [2.05, 4.69) is 17.4 Å². The molecule has 0 spiro atoms. The lowest BCUT2D eigenvalue weighted by molar-refractivity contribution is -0.130. The molecule has 2 heterocycles. The molecule has 172 valence electrons. The minimum Gasteiger partial charge on any atom is -0.454 e. The van der Waals surface area contributed by atoms with Crippen LogP contribution in [0.3, 0.4) is 0 Å². The molecule has 3 aliphatic rings. The Morgan fingerprint density at radius 1 is 1.06 bits per heavy atom. The van der Waals surface area contributed by atoms with E-state index < -0.39 is 0 Å². The number of rotatable bonds is 5. The van der Waals surface area contributed by atoms with Crippen molar-refractivity contribution in [3.63, 3.8) is 0 Å². The van der Waals surface area contributed by atoms with Gasteiger partial charge in [0.1, 0.15) is 0 Å². The lowest BCUT2D eigenvalue weighted by Crippen LogP contribution is -2.43. The van der Waals surface area contributed by atoms with Crippen molar-refractivity contribution in [3.05, 3.63) is 65.4 Å². The Balaban J connectivity index is 1.33. The molecule has 5 rings (SSSR count). The number of ether oxygens (including phenoxy) is 2. The molecule has 33 heavy (non-hydrogen) atoms. The van der Waals surface area contributed by atoms with Gasteiger partial charge in [0, 0.05) is 25.1 Å². The van der Waals surface area contributed by atoms with E-state index in [1.165, 1.54) is 12.0 Å². The van der Waals surface area contributed by atoms with Crippen molar-refractivity contribution >= 4 is 17.9 Å². The fraction of sp³-hybridized carbons (Fsp3) is 0.407. The van der Waals surface area contributed by atoms with Gasteiger partial charge in [0.25, 0.3) is 0 Å². The topological polar surface area (TPSA) is 67.9 Å². The third-order valence-corrected chi connectivity index (χ3v) is 7.27. The molecule has 1 aliphatic carbocycles. The second kappa shape index (κ2) is 8.93. The van der Waals surface area contributed by atoms with Crippen molar-refractivity contribution in [3.8, 4) is 11.5 Å². The Morgan fingerprint density at radius 2 is 1.85 bits per heavy atom. The zero-order valence-electron chi connectivity index (χ0n) is 19.0. The van der Waals surface area contributed by atoms with Gasteiger partial charge >= 0.3 is 0 Å². The van der Waals surface area contributed by atoms with Crippen LogP contribution in [0, 0.1) is 0 Å². The van der Waals surface area contributed by atoms with Crippen LogP contribution in [-0.2, 0) is 15.0 Å². The third kappa shape index (κ3) is 4.22. The molecule has 6 heteroatoms. The number of carbonyl (C=O) groups is 2. The molecule has 0 radical (unpaired) electrons. The summed E-state index contributed by atoms with van der Waals surface area (Å²) in [6.07, 6.45) is 9.52. The Hall–Kier alpha value is -3.28. The highest BCUT2D eigenvalue weighted by Crippen LogP contribution is 2.43. The molecule has 1 unspecified atom stereocenters. The zero-order valence-corrected chi connectivity index (χ0v) is 19.0. The second-order valence-corrected chi connectivity index (χ2v) is 9.28. The van der Waals surface area contributed by atoms with Gasteiger partial charge in [0.05, 0.1) is 12.5 Å². The van der Waals surface area contributed by atoms with Gasteiger partial charge in [-0.05, 0) is 47.7 Å². The first-order valence-electron chi connectivity index (χ1n) is 11.8. The van der Waals surface area contributed by atoms with E-state index in [0.717, 1.165) is 48.3 Å². The molecule has 0 aromatic heterocycles. The SMILES string of the molecule is CC(=O)N1C=Cc2ccccc2C1CC(=O)NCC1(c2ccc3c(c2)OCO3)CCCCC1. The maximum Gasteiger partial charge on any atom is 0.231 e. The summed E-state index contributed by atoms with van der Waals surface area (Å²) in [5.74, 6) is 1.46. The molecule has 2 aliphatic heterocycles. The van der Waals surface area contributed by atoms with E-state index in [-0.39, 0.29) is 36.5 Å². The largest absolute Gasteiger partial charge is 0.454 e. The van der Waals surface area contributed by atoms with Crippen molar-refractivity contribution < 1.29 is 19.1 Å². The average Bonchev–Trinajstić information content (AvgIpc) is 3.31. The van der Waals surface area contributed by atoms with Gasteiger partial charge in [-0.2, -0.15) is 0 Å². The van der Waals surface area contributed by atoms with Crippen LogP contribution in [0.5, 0.6) is 11.5 Å². The monoisotopic (exact) mass is 446 g/mol. The molecular formula is C27H30N2O4. The van der Waals surface area contributed by atoms with Crippen molar-refractivity contribution in [2.75, 3.05) is 13.3 Å². The Labute approximate surface area is 194 Å². The molecule has 2 aromatic carbocycles. The lowest BCUT2D eigenvalue weighted by Gasteiger charge is -2.38. The Kier molecular flexibility index (Phi) is 5.83. The first-order chi connectivity index (χ1) is 16.1. The number of hydrogen-bond donors (Lipinski definition) is 1. The van der Waals surface area contributed by atoms with Crippen molar-refractivity contribution in [2.24, 2.45) is 0 Å². The number of carbonyl (C=O) groups excluding carboxylic acids is 2. The highest BCUT2D eigenvalue weighted by atomic mass is 16.7. The van der Waals surface area contributed by atoms with Crippen LogP contribution in [-0.4, -0.2) is 30.1 Å². The maximum absolute atomic E-state index is 13.2. The van der Waals surface area contributed by atoms with Crippen LogP contribution in [0.4, 0.5) is 0 Å². The normalized spacial score (nSPS) is 20.3. The number of amides is 2. The Morgan fingerprint density at radius 3 is 2.67 bits per heavy atom. The molecular weight excluding hydrogens is 416 g/mol. The fourth-order valence-electron chi connectivity index (χ4n) is 5.45. The number of benzene rings is 2. The predicted molar refractivity (Wildman–Crippen MR) is 126 cm³/mol. The van der Waals surface area contributed by atoms with Gasteiger partial charge in [-0.25, -0.2) is 0 Å². The lowest BCUT2D eigenvalue weighted by atomic mass is 9.69. The van der Waals surface area contributed by atoms with Crippen LogP contribution in [0.25, 0.3) is 6.08 Å². The second-order valence-electron chi connectivity index (χ2n) is 9.28. The van der Waals surface area contributed by atoms with Gasteiger partial charge in [0.15, 0.2) is 11.5 Å². The molecule has 1 fully saturated rings. The molecule has 0 bridgehead atoms. The van der Waals surface area contributed by atoms with Crippen LogP contribution < -0.4 is 14.8 Å². The minimum atomic E-state index is -0.295. The summed E-state index contributed by atoms with van der Waals surface area (Å²) in [7, 11) is 0. The summed E-state index contributed by atoms with van der Waals surface area (Å²) < 4.78 is 11.1. The van der Waals surface area contributed by atoms with E-state index in [1.807, 2.05) is 36.4 Å². The predicted octanol–water partition coefficient (Wildman–Crippen LogP) is 4.70. The quantitative estimate of drug-likeness (QED) is 0.723. The highest BCUT2D eigenvalue weighted by molar-refractivity contribution is 5.82. The summed E-state index contributed by atoms with van der Waals surface area (Å²) in [5, 5.41) is 3.22. The van der Waals surface area contributed by atoms with E-state index in [4.69, 9.17) is 9.47 Å².